The number of aliphatic carboxylic acids is 1. The van der Waals surface area contributed by atoms with E-state index in [0.717, 1.165) is 28.8 Å². The molecular formula is C10H14N2O2S. The molecule has 1 fully saturated rings. The number of carboxylic acid groups (broad SMARTS) is 1. The first kappa shape index (κ1) is 10.4. The molecule has 1 aromatic heterocycles. The molecule has 0 unspecified atom stereocenters. The summed E-state index contributed by atoms with van der Waals surface area (Å²) in [4.78, 5) is 18.3. The average molecular weight is 226 g/mol. The third-order valence-corrected chi connectivity index (χ3v) is 3.65. The van der Waals surface area contributed by atoms with Crippen molar-refractivity contribution in [1.29, 1.82) is 0 Å². The summed E-state index contributed by atoms with van der Waals surface area (Å²) in [5.74, 6) is -0.809. The van der Waals surface area contributed by atoms with Crippen molar-refractivity contribution in [3.63, 3.8) is 0 Å². The number of thiazole rings is 1. The fraction of sp³-hybridized carbons (Fsp3) is 0.600. The van der Waals surface area contributed by atoms with Gasteiger partial charge in [0.15, 0.2) is 5.13 Å². The summed E-state index contributed by atoms with van der Waals surface area (Å²) in [6, 6.07) is 0. The molecule has 1 aliphatic heterocycles. The normalized spacial score (nSPS) is 15.9. The number of anilines is 1. The van der Waals surface area contributed by atoms with Crippen molar-refractivity contribution in [1.82, 2.24) is 4.98 Å². The summed E-state index contributed by atoms with van der Waals surface area (Å²) in [7, 11) is 0. The average Bonchev–Trinajstić information content (AvgIpc) is 2.75. The molecule has 2 rings (SSSR count). The zero-order valence-electron chi connectivity index (χ0n) is 8.69. The Bertz CT molecular complexity index is 369. The van der Waals surface area contributed by atoms with E-state index in [1.807, 2.05) is 6.92 Å². The van der Waals surface area contributed by atoms with Gasteiger partial charge >= 0.3 is 5.97 Å². The first-order valence-corrected chi connectivity index (χ1v) is 5.91. The molecule has 0 atom stereocenters. The van der Waals surface area contributed by atoms with Crippen LogP contribution in [0.4, 0.5) is 5.13 Å². The van der Waals surface area contributed by atoms with Crippen LogP contribution in [0.1, 0.15) is 23.4 Å². The van der Waals surface area contributed by atoms with E-state index < -0.39 is 5.97 Å². The molecule has 0 aromatic carbocycles. The van der Waals surface area contributed by atoms with Gasteiger partial charge in [-0.25, -0.2) is 4.98 Å². The molecule has 5 heteroatoms. The second kappa shape index (κ2) is 4.18. The molecule has 0 aliphatic carbocycles. The smallest absolute Gasteiger partial charge is 0.309 e. The maximum atomic E-state index is 10.6. The second-order valence-electron chi connectivity index (χ2n) is 3.76. The molecule has 2 heterocycles. The van der Waals surface area contributed by atoms with Gasteiger partial charge in [0.1, 0.15) is 0 Å². The Kier molecular flexibility index (Phi) is 2.90. The van der Waals surface area contributed by atoms with Crippen LogP contribution in [-0.4, -0.2) is 29.1 Å². The van der Waals surface area contributed by atoms with E-state index in [0.29, 0.717) is 0 Å². The molecule has 15 heavy (non-hydrogen) atoms. The molecule has 0 radical (unpaired) electrons. The van der Waals surface area contributed by atoms with Gasteiger partial charge in [0.25, 0.3) is 0 Å². The maximum Gasteiger partial charge on any atom is 0.309 e. The Labute approximate surface area is 92.6 Å². The minimum Gasteiger partial charge on any atom is -0.481 e. The SMILES string of the molecule is Cc1sc(N2CCCC2)nc1CC(=O)O. The highest BCUT2D eigenvalue weighted by atomic mass is 32.1. The lowest BCUT2D eigenvalue weighted by Gasteiger charge is -2.12. The number of rotatable bonds is 3. The predicted molar refractivity (Wildman–Crippen MR) is 59.6 cm³/mol. The van der Waals surface area contributed by atoms with Gasteiger partial charge in [0.2, 0.25) is 0 Å². The predicted octanol–water partition coefficient (Wildman–Crippen LogP) is 1.68. The van der Waals surface area contributed by atoms with Crippen LogP contribution in [0.25, 0.3) is 0 Å². The van der Waals surface area contributed by atoms with Gasteiger partial charge in [0, 0.05) is 18.0 Å². The summed E-state index contributed by atoms with van der Waals surface area (Å²) in [6.45, 7) is 4.05. The molecule has 0 saturated carbocycles. The zero-order valence-corrected chi connectivity index (χ0v) is 9.51. The number of hydrogen-bond acceptors (Lipinski definition) is 4. The van der Waals surface area contributed by atoms with E-state index in [1.165, 1.54) is 12.8 Å². The van der Waals surface area contributed by atoms with Crippen LogP contribution >= 0.6 is 11.3 Å². The molecule has 82 valence electrons. The van der Waals surface area contributed by atoms with E-state index in [1.54, 1.807) is 11.3 Å². The molecule has 1 aliphatic rings. The molecule has 0 amide bonds. The van der Waals surface area contributed by atoms with E-state index >= 15 is 0 Å². The lowest BCUT2D eigenvalue weighted by Crippen LogP contribution is -2.17. The van der Waals surface area contributed by atoms with Gasteiger partial charge in [-0.3, -0.25) is 4.79 Å². The van der Waals surface area contributed by atoms with Gasteiger partial charge in [0.05, 0.1) is 12.1 Å². The third-order valence-electron chi connectivity index (χ3n) is 2.58. The highest BCUT2D eigenvalue weighted by Crippen LogP contribution is 2.28. The molecular weight excluding hydrogens is 212 g/mol. The van der Waals surface area contributed by atoms with Gasteiger partial charge < -0.3 is 10.0 Å². The summed E-state index contributed by atoms with van der Waals surface area (Å²) >= 11 is 1.61. The van der Waals surface area contributed by atoms with Crippen molar-refractivity contribution >= 4 is 22.4 Å². The lowest BCUT2D eigenvalue weighted by atomic mass is 10.3. The molecule has 1 N–H and O–H groups in total. The fourth-order valence-corrected chi connectivity index (χ4v) is 2.74. The number of hydrogen-bond donors (Lipinski definition) is 1. The summed E-state index contributed by atoms with van der Waals surface area (Å²) < 4.78 is 0. The minimum atomic E-state index is -0.809. The zero-order chi connectivity index (χ0) is 10.8. The van der Waals surface area contributed by atoms with E-state index in [9.17, 15) is 4.79 Å². The summed E-state index contributed by atoms with van der Waals surface area (Å²) in [5, 5.41) is 9.70. The van der Waals surface area contributed by atoms with E-state index in [4.69, 9.17) is 5.11 Å². The number of aromatic nitrogens is 1. The summed E-state index contributed by atoms with van der Waals surface area (Å²) in [5.41, 5.74) is 0.717. The topological polar surface area (TPSA) is 53.4 Å². The van der Waals surface area contributed by atoms with Crippen molar-refractivity contribution in [3.05, 3.63) is 10.6 Å². The van der Waals surface area contributed by atoms with Crippen molar-refractivity contribution in [3.8, 4) is 0 Å². The Hall–Kier alpha value is -1.10. The standard InChI is InChI=1S/C10H14N2O2S/c1-7-8(6-9(13)14)11-10(15-7)12-4-2-3-5-12/h2-6H2,1H3,(H,13,14). The van der Waals surface area contributed by atoms with Crippen LogP contribution in [-0.2, 0) is 11.2 Å². The van der Waals surface area contributed by atoms with Crippen LogP contribution in [0, 0.1) is 6.92 Å². The quantitative estimate of drug-likeness (QED) is 0.852. The Balaban J connectivity index is 2.16. The Morgan fingerprint density at radius 1 is 1.53 bits per heavy atom. The van der Waals surface area contributed by atoms with Gasteiger partial charge in [-0.05, 0) is 19.8 Å². The molecule has 1 aromatic rings. The number of carbonyl (C=O) groups is 1. The Morgan fingerprint density at radius 3 is 2.80 bits per heavy atom. The first-order valence-electron chi connectivity index (χ1n) is 5.10. The molecule has 0 bridgehead atoms. The third kappa shape index (κ3) is 2.28. The molecule has 1 saturated heterocycles. The monoisotopic (exact) mass is 226 g/mol. The molecule has 4 nitrogen and oxygen atoms in total. The van der Waals surface area contributed by atoms with Crippen LogP contribution in [0.5, 0.6) is 0 Å². The number of aryl methyl sites for hydroxylation is 1. The van der Waals surface area contributed by atoms with Crippen LogP contribution in [0.3, 0.4) is 0 Å². The van der Waals surface area contributed by atoms with Crippen LogP contribution in [0.2, 0.25) is 0 Å². The van der Waals surface area contributed by atoms with Crippen molar-refractivity contribution in [2.45, 2.75) is 26.2 Å². The highest BCUT2D eigenvalue weighted by Gasteiger charge is 2.18. The largest absolute Gasteiger partial charge is 0.481 e. The summed E-state index contributed by atoms with van der Waals surface area (Å²) in [6.07, 6.45) is 2.47. The number of carboxylic acids is 1. The second-order valence-corrected chi connectivity index (χ2v) is 4.95. The Morgan fingerprint density at radius 2 is 2.20 bits per heavy atom. The minimum absolute atomic E-state index is 0.0379. The van der Waals surface area contributed by atoms with Crippen LogP contribution < -0.4 is 4.90 Å². The van der Waals surface area contributed by atoms with Gasteiger partial charge in [-0.2, -0.15) is 0 Å². The fourth-order valence-electron chi connectivity index (χ4n) is 1.76. The maximum absolute atomic E-state index is 10.6. The lowest BCUT2D eigenvalue weighted by molar-refractivity contribution is -0.136. The van der Waals surface area contributed by atoms with E-state index in [2.05, 4.69) is 9.88 Å². The van der Waals surface area contributed by atoms with E-state index in [-0.39, 0.29) is 6.42 Å². The van der Waals surface area contributed by atoms with Crippen molar-refractivity contribution in [2.24, 2.45) is 0 Å². The van der Waals surface area contributed by atoms with Crippen molar-refractivity contribution < 1.29 is 9.90 Å². The van der Waals surface area contributed by atoms with Crippen molar-refractivity contribution in [2.75, 3.05) is 18.0 Å². The molecule has 0 spiro atoms. The van der Waals surface area contributed by atoms with Gasteiger partial charge in [-0.15, -0.1) is 11.3 Å². The van der Waals surface area contributed by atoms with Gasteiger partial charge in [-0.1, -0.05) is 0 Å². The highest BCUT2D eigenvalue weighted by molar-refractivity contribution is 7.15. The first-order chi connectivity index (χ1) is 7.16. The number of nitrogens with zero attached hydrogens (tertiary/aromatic N) is 2. The van der Waals surface area contributed by atoms with Crippen LogP contribution in [0.15, 0.2) is 0 Å².